The molecule has 0 rings (SSSR count). The van der Waals surface area contributed by atoms with E-state index < -0.39 is 23.5 Å². The minimum Gasteiger partial charge on any atom is -0.393 e. The van der Waals surface area contributed by atoms with Crippen molar-refractivity contribution in [3.8, 4) is 0 Å². The molecule has 3 N–H and O–H groups in total. The van der Waals surface area contributed by atoms with Crippen LogP contribution >= 0.6 is 0 Å². The summed E-state index contributed by atoms with van der Waals surface area (Å²) in [4.78, 5) is 22.2. The van der Waals surface area contributed by atoms with E-state index in [1.807, 2.05) is 0 Å². The summed E-state index contributed by atoms with van der Waals surface area (Å²) in [5.74, 6) is -1.35. The normalized spacial score (nSPS) is 13.5. The number of rotatable bonds is 3. The van der Waals surface area contributed by atoms with Crippen molar-refractivity contribution in [2.24, 2.45) is 11.1 Å². The summed E-state index contributed by atoms with van der Waals surface area (Å²) in [6.45, 7) is 4.89. The van der Waals surface area contributed by atoms with Crippen LogP contribution < -0.4 is 5.73 Å². The molecule has 1 atom stereocenters. The molecule has 0 aromatic rings. The van der Waals surface area contributed by atoms with Gasteiger partial charge in [0.2, 0.25) is 0 Å². The summed E-state index contributed by atoms with van der Waals surface area (Å²) >= 11 is 0. The second kappa shape index (κ2) is 5.07. The van der Waals surface area contributed by atoms with E-state index in [9.17, 15) is 9.59 Å². The Kier molecular flexibility index (Phi) is 4.73. The SMILES string of the molecule is CC(C)(C)C(=O)OC(=O)CC(O)CN. The first-order valence-electron chi connectivity index (χ1n) is 4.40. The average Bonchev–Trinajstić information content (AvgIpc) is 2.02. The largest absolute Gasteiger partial charge is 0.393 e. The van der Waals surface area contributed by atoms with Crippen LogP contribution in [-0.2, 0) is 14.3 Å². The minimum atomic E-state index is -0.949. The van der Waals surface area contributed by atoms with E-state index in [4.69, 9.17) is 10.8 Å². The summed E-state index contributed by atoms with van der Waals surface area (Å²) in [5.41, 5.74) is 4.38. The van der Waals surface area contributed by atoms with Crippen LogP contribution in [0, 0.1) is 5.41 Å². The molecule has 0 amide bonds. The molecule has 82 valence electrons. The van der Waals surface area contributed by atoms with Gasteiger partial charge in [0.05, 0.1) is 17.9 Å². The van der Waals surface area contributed by atoms with Gasteiger partial charge in [-0.1, -0.05) is 0 Å². The minimum absolute atomic E-state index is 0.0290. The Morgan fingerprint density at radius 1 is 1.43 bits per heavy atom. The van der Waals surface area contributed by atoms with E-state index in [0.717, 1.165) is 0 Å². The fourth-order valence-corrected chi connectivity index (χ4v) is 0.574. The van der Waals surface area contributed by atoms with Crippen LogP contribution in [0.3, 0.4) is 0 Å². The third-order valence-electron chi connectivity index (χ3n) is 1.49. The average molecular weight is 203 g/mol. The Hall–Kier alpha value is -0.940. The zero-order chi connectivity index (χ0) is 11.4. The molecule has 0 aliphatic rings. The standard InChI is InChI=1S/C9H17NO4/c1-9(2,3)8(13)14-7(12)4-6(11)5-10/h6,11H,4-5,10H2,1-3H3. The number of aliphatic hydroxyl groups is 1. The van der Waals surface area contributed by atoms with Gasteiger partial charge in [-0.05, 0) is 20.8 Å². The van der Waals surface area contributed by atoms with E-state index in [-0.39, 0.29) is 13.0 Å². The Morgan fingerprint density at radius 3 is 2.29 bits per heavy atom. The van der Waals surface area contributed by atoms with Crippen LogP contribution in [0.15, 0.2) is 0 Å². The van der Waals surface area contributed by atoms with Crippen LogP contribution in [0.25, 0.3) is 0 Å². The molecule has 0 radical (unpaired) electrons. The van der Waals surface area contributed by atoms with Gasteiger partial charge in [-0.25, -0.2) is 0 Å². The molecule has 0 spiro atoms. The molecule has 0 aromatic carbocycles. The highest BCUT2D eigenvalue weighted by atomic mass is 16.6. The number of carbonyl (C=O) groups excluding carboxylic acids is 2. The monoisotopic (exact) mass is 203 g/mol. The summed E-state index contributed by atoms with van der Waals surface area (Å²) in [6.07, 6.45) is -1.20. The second-order valence-electron chi connectivity index (χ2n) is 4.11. The summed E-state index contributed by atoms with van der Waals surface area (Å²) in [5, 5.41) is 9.01. The van der Waals surface area contributed by atoms with Crippen LogP contribution in [0.4, 0.5) is 0 Å². The van der Waals surface area contributed by atoms with Crippen LogP contribution in [0.5, 0.6) is 0 Å². The van der Waals surface area contributed by atoms with Gasteiger partial charge < -0.3 is 15.6 Å². The van der Waals surface area contributed by atoms with E-state index in [1.54, 1.807) is 20.8 Å². The summed E-state index contributed by atoms with van der Waals surface area (Å²) < 4.78 is 4.49. The third-order valence-corrected chi connectivity index (χ3v) is 1.49. The van der Waals surface area contributed by atoms with E-state index >= 15 is 0 Å². The van der Waals surface area contributed by atoms with Crippen molar-refractivity contribution in [1.82, 2.24) is 0 Å². The summed E-state index contributed by atoms with van der Waals surface area (Å²) in [6, 6.07) is 0. The van der Waals surface area contributed by atoms with Crippen molar-refractivity contribution in [2.45, 2.75) is 33.3 Å². The second-order valence-corrected chi connectivity index (χ2v) is 4.11. The molecule has 0 saturated carbocycles. The topological polar surface area (TPSA) is 89.6 Å². The number of esters is 2. The lowest BCUT2D eigenvalue weighted by molar-refractivity contribution is -0.166. The molecule has 0 heterocycles. The lowest BCUT2D eigenvalue weighted by atomic mass is 9.97. The summed E-state index contributed by atoms with van der Waals surface area (Å²) in [7, 11) is 0. The maximum atomic E-state index is 11.2. The highest BCUT2D eigenvalue weighted by Gasteiger charge is 2.26. The van der Waals surface area contributed by atoms with Crippen LogP contribution in [0.1, 0.15) is 27.2 Å². The predicted octanol–water partition coefficient (Wildman–Crippen LogP) is -0.188. The molecule has 0 aliphatic heterocycles. The molecule has 0 saturated heterocycles. The maximum absolute atomic E-state index is 11.2. The Labute approximate surface area is 83.2 Å². The van der Waals surface area contributed by atoms with Crippen LogP contribution in [0.2, 0.25) is 0 Å². The number of carbonyl (C=O) groups is 2. The van der Waals surface area contributed by atoms with Crippen LogP contribution in [-0.4, -0.2) is 29.7 Å². The van der Waals surface area contributed by atoms with Gasteiger partial charge in [0.1, 0.15) is 0 Å². The molecule has 0 aromatic heterocycles. The first-order valence-corrected chi connectivity index (χ1v) is 4.40. The van der Waals surface area contributed by atoms with E-state index in [0.29, 0.717) is 0 Å². The number of hydrogen-bond donors (Lipinski definition) is 2. The van der Waals surface area contributed by atoms with Crippen molar-refractivity contribution in [3.05, 3.63) is 0 Å². The number of nitrogens with two attached hydrogens (primary N) is 1. The smallest absolute Gasteiger partial charge is 0.318 e. The first kappa shape index (κ1) is 13.1. The Bertz CT molecular complexity index is 219. The van der Waals surface area contributed by atoms with Crippen molar-refractivity contribution >= 4 is 11.9 Å². The Morgan fingerprint density at radius 2 is 1.93 bits per heavy atom. The first-order chi connectivity index (χ1) is 6.27. The van der Waals surface area contributed by atoms with Crippen molar-refractivity contribution in [1.29, 1.82) is 0 Å². The van der Waals surface area contributed by atoms with Crippen molar-refractivity contribution in [2.75, 3.05) is 6.54 Å². The number of ether oxygens (including phenoxy) is 1. The molecule has 0 bridgehead atoms. The van der Waals surface area contributed by atoms with Gasteiger partial charge >= 0.3 is 11.9 Å². The van der Waals surface area contributed by atoms with Gasteiger partial charge in [0, 0.05) is 6.54 Å². The van der Waals surface area contributed by atoms with Gasteiger partial charge in [0.15, 0.2) is 0 Å². The molecule has 0 aliphatic carbocycles. The Balaban J connectivity index is 4.02. The lowest BCUT2D eigenvalue weighted by Crippen LogP contribution is -2.29. The van der Waals surface area contributed by atoms with Crippen molar-refractivity contribution < 1.29 is 19.4 Å². The van der Waals surface area contributed by atoms with Gasteiger partial charge in [-0.15, -0.1) is 0 Å². The van der Waals surface area contributed by atoms with E-state index in [2.05, 4.69) is 4.74 Å². The fourth-order valence-electron chi connectivity index (χ4n) is 0.574. The molecule has 5 heteroatoms. The molecular formula is C9H17NO4. The highest BCUT2D eigenvalue weighted by molar-refractivity contribution is 5.88. The van der Waals surface area contributed by atoms with Gasteiger partial charge in [0.25, 0.3) is 0 Å². The molecule has 1 unspecified atom stereocenters. The molecule has 0 fully saturated rings. The van der Waals surface area contributed by atoms with Crippen molar-refractivity contribution in [3.63, 3.8) is 0 Å². The molecular weight excluding hydrogens is 186 g/mol. The zero-order valence-electron chi connectivity index (χ0n) is 8.74. The van der Waals surface area contributed by atoms with E-state index in [1.165, 1.54) is 0 Å². The lowest BCUT2D eigenvalue weighted by Gasteiger charge is -2.15. The number of aliphatic hydroxyl groups excluding tert-OH is 1. The van der Waals surface area contributed by atoms with Gasteiger partial charge in [-0.2, -0.15) is 0 Å². The quantitative estimate of drug-likeness (QED) is 0.490. The number of hydrogen-bond acceptors (Lipinski definition) is 5. The predicted molar refractivity (Wildman–Crippen MR) is 50.2 cm³/mol. The zero-order valence-corrected chi connectivity index (χ0v) is 8.74. The third kappa shape index (κ3) is 4.94. The molecule has 5 nitrogen and oxygen atoms in total. The maximum Gasteiger partial charge on any atom is 0.318 e. The fraction of sp³-hybridized carbons (Fsp3) is 0.778. The van der Waals surface area contributed by atoms with Gasteiger partial charge in [-0.3, -0.25) is 9.59 Å². The highest BCUT2D eigenvalue weighted by Crippen LogP contribution is 2.15. The molecule has 14 heavy (non-hydrogen) atoms.